The van der Waals surface area contributed by atoms with Gasteiger partial charge >= 0.3 is 6.01 Å². The number of anilines is 1. The maximum atomic E-state index is 12.1. The second-order valence-electron chi connectivity index (χ2n) is 4.83. The van der Waals surface area contributed by atoms with Gasteiger partial charge in [0.15, 0.2) is 5.25 Å². The Hall–Kier alpha value is -1.94. The summed E-state index contributed by atoms with van der Waals surface area (Å²) in [6.45, 7) is 1.30. The van der Waals surface area contributed by atoms with E-state index in [4.69, 9.17) is 4.42 Å². The highest BCUT2D eigenvalue weighted by molar-refractivity contribution is 7.94. The molecule has 0 aliphatic carbocycles. The van der Waals surface area contributed by atoms with Crippen molar-refractivity contribution in [1.29, 1.82) is 0 Å². The number of rotatable bonds is 6. The van der Waals surface area contributed by atoms with Crippen LogP contribution >= 0.6 is 11.3 Å². The average molecular weight is 344 g/mol. The van der Waals surface area contributed by atoms with Gasteiger partial charge in [0.05, 0.1) is 6.42 Å². The van der Waals surface area contributed by atoms with Crippen molar-refractivity contribution in [3.8, 4) is 0 Å². The molecule has 0 aliphatic heterocycles. The molecule has 2 aromatic heterocycles. The van der Waals surface area contributed by atoms with Crippen LogP contribution in [0.25, 0.3) is 0 Å². The molecule has 22 heavy (non-hydrogen) atoms. The van der Waals surface area contributed by atoms with Crippen molar-refractivity contribution < 1.29 is 17.6 Å². The summed E-state index contributed by atoms with van der Waals surface area (Å²) in [7, 11) is -0.969. The van der Waals surface area contributed by atoms with Crippen LogP contribution in [0, 0.1) is 0 Å². The molecule has 0 spiro atoms. The molecule has 0 saturated heterocycles. The average Bonchev–Trinajstić information content (AvgIpc) is 3.09. The smallest absolute Gasteiger partial charge is 0.329 e. The number of nitrogens with one attached hydrogen (secondary N) is 1. The summed E-state index contributed by atoms with van der Waals surface area (Å²) in [6.07, 6.45) is 0.421. The summed E-state index contributed by atoms with van der Waals surface area (Å²) < 4.78 is 31.6. The summed E-state index contributed by atoms with van der Waals surface area (Å²) in [5.41, 5.74) is 0.999. The van der Waals surface area contributed by atoms with E-state index in [-0.39, 0.29) is 6.01 Å². The highest BCUT2D eigenvalue weighted by Gasteiger charge is 2.30. The summed E-state index contributed by atoms with van der Waals surface area (Å²) in [5, 5.41) is 10.0. The van der Waals surface area contributed by atoms with E-state index >= 15 is 0 Å². The molecular formula is C12H16N4O4S2. The standard InChI is InChI=1S/C12H16N4O4S2/c1-8(11(17)16(2)3)22(18,19)15-12-14-13-10(20-12)6-9-4-5-21-7-9/h4-5,7-8H,6H2,1-3H3,(H,14,15)/t8-/m1/s1. The summed E-state index contributed by atoms with van der Waals surface area (Å²) in [6, 6.07) is 1.67. The SMILES string of the molecule is C[C@H](C(=O)N(C)C)S(=O)(=O)Nc1nnc(Cc2ccsc2)o1. The molecular weight excluding hydrogens is 328 g/mol. The van der Waals surface area contributed by atoms with Crippen molar-refractivity contribution >= 4 is 33.3 Å². The van der Waals surface area contributed by atoms with E-state index in [1.54, 1.807) is 11.3 Å². The van der Waals surface area contributed by atoms with Crippen molar-refractivity contribution in [2.75, 3.05) is 18.8 Å². The summed E-state index contributed by atoms with van der Waals surface area (Å²) in [4.78, 5) is 12.9. The second-order valence-corrected chi connectivity index (χ2v) is 7.61. The Morgan fingerprint density at radius 1 is 1.45 bits per heavy atom. The fraction of sp³-hybridized carbons (Fsp3) is 0.417. The first-order valence-corrected chi connectivity index (χ1v) is 8.85. The van der Waals surface area contributed by atoms with E-state index in [0.29, 0.717) is 12.3 Å². The van der Waals surface area contributed by atoms with Crippen LogP contribution in [0.5, 0.6) is 0 Å². The minimum atomic E-state index is -3.94. The lowest BCUT2D eigenvalue weighted by molar-refractivity contribution is -0.127. The lowest BCUT2D eigenvalue weighted by atomic mass is 10.2. The molecule has 1 N–H and O–H groups in total. The third kappa shape index (κ3) is 3.83. The first kappa shape index (κ1) is 16.4. The van der Waals surface area contributed by atoms with Gasteiger partial charge in [-0.05, 0) is 29.3 Å². The van der Waals surface area contributed by atoms with Crippen LogP contribution < -0.4 is 4.72 Å². The lowest BCUT2D eigenvalue weighted by Gasteiger charge is -2.16. The maximum absolute atomic E-state index is 12.1. The van der Waals surface area contributed by atoms with Gasteiger partial charge in [0.1, 0.15) is 0 Å². The Morgan fingerprint density at radius 2 is 2.18 bits per heavy atom. The minimum Gasteiger partial charge on any atom is -0.407 e. The Bertz CT molecular complexity index is 737. The van der Waals surface area contributed by atoms with Crippen LogP contribution in [-0.4, -0.2) is 48.8 Å². The fourth-order valence-corrected chi connectivity index (χ4v) is 3.29. The molecule has 2 heterocycles. The molecule has 120 valence electrons. The maximum Gasteiger partial charge on any atom is 0.329 e. The van der Waals surface area contributed by atoms with Gasteiger partial charge in [-0.25, -0.2) is 13.1 Å². The molecule has 0 bridgehead atoms. The Labute approximate surface area is 132 Å². The topological polar surface area (TPSA) is 105 Å². The Kier molecular flexibility index (Phi) is 4.81. The normalized spacial score (nSPS) is 12.9. The van der Waals surface area contributed by atoms with Gasteiger partial charge in [-0.3, -0.25) is 4.79 Å². The van der Waals surface area contributed by atoms with Crippen LogP contribution in [0.2, 0.25) is 0 Å². The molecule has 10 heteroatoms. The molecule has 0 unspecified atom stereocenters. The van der Waals surface area contributed by atoms with E-state index < -0.39 is 21.2 Å². The van der Waals surface area contributed by atoms with E-state index in [0.717, 1.165) is 5.56 Å². The Balaban J connectivity index is 2.07. The third-order valence-corrected chi connectivity index (χ3v) is 5.21. The summed E-state index contributed by atoms with van der Waals surface area (Å²) >= 11 is 1.54. The van der Waals surface area contributed by atoms with E-state index in [9.17, 15) is 13.2 Å². The molecule has 0 aliphatic rings. The van der Waals surface area contributed by atoms with Crippen molar-refractivity contribution in [2.24, 2.45) is 0 Å². The van der Waals surface area contributed by atoms with Crippen LogP contribution in [0.3, 0.4) is 0 Å². The van der Waals surface area contributed by atoms with Crippen molar-refractivity contribution in [3.05, 3.63) is 28.3 Å². The minimum absolute atomic E-state index is 0.247. The molecule has 0 radical (unpaired) electrons. The van der Waals surface area contributed by atoms with Gasteiger partial charge in [-0.15, -0.1) is 5.10 Å². The number of carbonyl (C=O) groups is 1. The highest BCUT2D eigenvalue weighted by Crippen LogP contribution is 2.15. The number of nitrogens with zero attached hydrogens (tertiary/aromatic N) is 3. The molecule has 0 saturated carbocycles. The van der Waals surface area contributed by atoms with Crippen molar-refractivity contribution in [3.63, 3.8) is 0 Å². The molecule has 0 fully saturated rings. The summed E-state index contributed by atoms with van der Waals surface area (Å²) in [5.74, 6) is -0.242. The predicted octanol–water partition coefficient (Wildman–Crippen LogP) is 0.940. The van der Waals surface area contributed by atoms with Gasteiger partial charge in [0.2, 0.25) is 21.8 Å². The molecule has 1 amide bonds. The first-order chi connectivity index (χ1) is 10.3. The van der Waals surface area contributed by atoms with Gasteiger partial charge < -0.3 is 9.32 Å². The van der Waals surface area contributed by atoms with Gasteiger partial charge in [0.25, 0.3) is 0 Å². The van der Waals surface area contributed by atoms with Gasteiger partial charge in [0, 0.05) is 14.1 Å². The zero-order valence-electron chi connectivity index (χ0n) is 12.3. The third-order valence-electron chi connectivity index (χ3n) is 2.89. The molecule has 1 atom stereocenters. The van der Waals surface area contributed by atoms with Gasteiger partial charge in [-0.2, -0.15) is 11.3 Å². The monoisotopic (exact) mass is 344 g/mol. The zero-order valence-corrected chi connectivity index (χ0v) is 13.9. The van der Waals surface area contributed by atoms with E-state index in [2.05, 4.69) is 14.9 Å². The van der Waals surface area contributed by atoms with E-state index in [1.165, 1.54) is 25.9 Å². The largest absolute Gasteiger partial charge is 0.407 e. The zero-order chi connectivity index (χ0) is 16.3. The van der Waals surface area contributed by atoms with Crippen molar-refractivity contribution in [1.82, 2.24) is 15.1 Å². The highest BCUT2D eigenvalue weighted by atomic mass is 32.2. The van der Waals surface area contributed by atoms with Crippen molar-refractivity contribution in [2.45, 2.75) is 18.6 Å². The predicted molar refractivity (Wildman–Crippen MR) is 82.1 cm³/mol. The number of carbonyl (C=O) groups excluding carboxylic acids is 1. The van der Waals surface area contributed by atoms with Crippen LogP contribution in [0.15, 0.2) is 21.2 Å². The number of hydrogen-bond donors (Lipinski definition) is 1. The second kappa shape index (κ2) is 6.44. The quantitative estimate of drug-likeness (QED) is 0.836. The van der Waals surface area contributed by atoms with E-state index in [1.807, 2.05) is 16.8 Å². The first-order valence-electron chi connectivity index (χ1n) is 6.36. The van der Waals surface area contributed by atoms with Crippen LogP contribution in [0.4, 0.5) is 6.01 Å². The fourth-order valence-electron chi connectivity index (χ4n) is 1.64. The van der Waals surface area contributed by atoms with Gasteiger partial charge in [-0.1, -0.05) is 5.10 Å². The molecule has 2 aromatic rings. The molecule has 8 nitrogen and oxygen atoms in total. The number of thiophene rings is 1. The number of hydrogen-bond acceptors (Lipinski definition) is 7. The van der Waals surface area contributed by atoms with Crippen LogP contribution in [0.1, 0.15) is 18.4 Å². The number of aromatic nitrogens is 2. The van der Waals surface area contributed by atoms with Crippen LogP contribution in [-0.2, 0) is 21.2 Å². The number of sulfonamides is 1. The Morgan fingerprint density at radius 3 is 2.77 bits per heavy atom. The molecule has 2 rings (SSSR count). The lowest BCUT2D eigenvalue weighted by Crippen LogP contribution is -2.39. The number of amides is 1. The molecule has 0 aromatic carbocycles.